The molecule has 7 nitrogen and oxygen atoms in total. The molecule has 1 aromatic rings. The van der Waals surface area contributed by atoms with E-state index in [4.69, 9.17) is 0 Å². The number of hydrogen-bond donors (Lipinski definition) is 2. The number of nitrogens with one attached hydrogen (secondary N) is 2. The van der Waals surface area contributed by atoms with Crippen LogP contribution in [0.5, 0.6) is 0 Å². The lowest BCUT2D eigenvalue weighted by Gasteiger charge is -2.06. The molecule has 0 saturated heterocycles. The molecule has 0 saturated carbocycles. The second-order valence-electron chi connectivity index (χ2n) is 3.99. The first-order chi connectivity index (χ1) is 8.50. The Morgan fingerprint density at radius 1 is 1.39 bits per heavy atom. The normalized spacial score (nSPS) is 10.3. The van der Waals surface area contributed by atoms with E-state index in [1.807, 2.05) is 0 Å². The van der Waals surface area contributed by atoms with Crippen LogP contribution in [-0.2, 0) is 11.8 Å². The number of carbonyl (C=O) groups excluding carboxylic acids is 1. The topological polar surface area (TPSA) is 107 Å². The van der Waals surface area contributed by atoms with Gasteiger partial charge >= 0.3 is 5.69 Å². The molecule has 1 aromatic heterocycles. The fourth-order valence-electron chi connectivity index (χ4n) is 1.44. The van der Waals surface area contributed by atoms with Crippen molar-refractivity contribution in [3.8, 4) is 0 Å². The average Bonchev–Trinajstić information content (AvgIpc) is 2.30. The maximum atomic E-state index is 11.3. The fraction of sp³-hybridized carbons (Fsp3) is 0.545. The Hall–Kier alpha value is -2.05. The average molecular weight is 254 g/mol. The molecule has 0 spiro atoms. The van der Waals surface area contributed by atoms with Gasteiger partial charge in [-0.05, 0) is 19.3 Å². The van der Waals surface area contributed by atoms with Crippen LogP contribution in [0.1, 0.15) is 25.7 Å². The van der Waals surface area contributed by atoms with Crippen molar-refractivity contribution < 1.29 is 9.90 Å². The maximum Gasteiger partial charge on any atom is 0.329 e. The van der Waals surface area contributed by atoms with Crippen molar-refractivity contribution in [3.63, 3.8) is 0 Å². The number of hydrogen-bond acceptors (Lipinski definition) is 5. The molecular weight excluding hydrogens is 238 g/mol. The third-order valence-corrected chi connectivity index (χ3v) is 2.52. The summed E-state index contributed by atoms with van der Waals surface area (Å²) in [6.07, 6.45) is 2.13. The highest BCUT2D eigenvalue weighted by atomic mass is 16.4. The Balaban J connectivity index is 2.34. The first-order valence-electron chi connectivity index (χ1n) is 5.75. The summed E-state index contributed by atoms with van der Waals surface area (Å²) in [5.74, 6) is -0.665. The molecule has 0 aliphatic heterocycles. The lowest BCUT2D eigenvalue weighted by Crippen LogP contribution is -2.32. The van der Waals surface area contributed by atoms with Crippen LogP contribution in [-0.4, -0.2) is 22.1 Å². The van der Waals surface area contributed by atoms with Gasteiger partial charge in [-0.3, -0.25) is 14.3 Å². The lowest BCUT2D eigenvalue weighted by molar-refractivity contribution is -0.305. The Kier molecular flexibility index (Phi) is 5.16. The van der Waals surface area contributed by atoms with E-state index in [9.17, 15) is 19.5 Å². The standard InChI is InChI=1S/C11H17N3O4/c1-14-9(15)7-8(13-11(14)18)12-6-4-2-3-5-10(16)17/h7,12H,2-6H2,1H3,(H,13,18)(H,16,17)/p-1. The highest BCUT2D eigenvalue weighted by Gasteiger charge is 1.99. The SMILES string of the molecule is Cn1c(=O)cc(NCCCCCC(=O)[O-])[nH]c1=O. The van der Waals surface area contributed by atoms with E-state index in [1.54, 1.807) is 0 Å². The number of anilines is 1. The number of carboxylic acids is 1. The van der Waals surface area contributed by atoms with Gasteiger partial charge in [0.05, 0.1) is 0 Å². The number of H-pyrrole nitrogens is 1. The smallest absolute Gasteiger partial charge is 0.329 e. The van der Waals surface area contributed by atoms with Gasteiger partial charge < -0.3 is 15.2 Å². The quantitative estimate of drug-likeness (QED) is 0.594. The molecule has 0 unspecified atom stereocenters. The second kappa shape index (κ2) is 6.63. The third-order valence-electron chi connectivity index (χ3n) is 2.52. The number of aromatic nitrogens is 2. The molecule has 1 rings (SSSR count). The largest absolute Gasteiger partial charge is 0.550 e. The molecule has 0 aliphatic rings. The summed E-state index contributed by atoms with van der Waals surface area (Å²) >= 11 is 0. The molecule has 0 aromatic carbocycles. The Bertz CT molecular complexity index is 487. The van der Waals surface area contributed by atoms with Crippen LogP contribution in [0, 0.1) is 0 Å². The Morgan fingerprint density at radius 3 is 2.72 bits per heavy atom. The van der Waals surface area contributed by atoms with Gasteiger partial charge in [0, 0.05) is 25.6 Å². The Morgan fingerprint density at radius 2 is 2.11 bits per heavy atom. The minimum atomic E-state index is -1.04. The molecule has 0 radical (unpaired) electrons. The minimum Gasteiger partial charge on any atom is -0.550 e. The van der Waals surface area contributed by atoms with Gasteiger partial charge in [-0.15, -0.1) is 0 Å². The fourth-order valence-corrected chi connectivity index (χ4v) is 1.44. The molecule has 7 heteroatoms. The summed E-state index contributed by atoms with van der Waals surface area (Å²) in [4.78, 5) is 35.2. The number of aromatic amines is 1. The van der Waals surface area contributed by atoms with Crippen LogP contribution in [0.25, 0.3) is 0 Å². The lowest BCUT2D eigenvalue weighted by atomic mass is 10.2. The predicted octanol–water partition coefficient (Wildman–Crippen LogP) is -1.20. The van der Waals surface area contributed by atoms with Crippen LogP contribution in [0.15, 0.2) is 15.7 Å². The van der Waals surface area contributed by atoms with Crippen molar-refractivity contribution in [1.29, 1.82) is 0 Å². The van der Waals surface area contributed by atoms with Gasteiger partial charge in [0.15, 0.2) is 0 Å². The van der Waals surface area contributed by atoms with E-state index in [-0.39, 0.29) is 12.0 Å². The minimum absolute atomic E-state index is 0.0582. The third kappa shape index (κ3) is 4.44. The van der Waals surface area contributed by atoms with Gasteiger partial charge in [0.1, 0.15) is 5.82 Å². The van der Waals surface area contributed by atoms with Crippen molar-refractivity contribution in [2.24, 2.45) is 7.05 Å². The van der Waals surface area contributed by atoms with Crippen LogP contribution in [0.3, 0.4) is 0 Å². The first kappa shape index (κ1) is 14.0. The van der Waals surface area contributed by atoms with Crippen molar-refractivity contribution in [2.45, 2.75) is 25.7 Å². The zero-order valence-electron chi connectivity index (χ0n) is 10.2. The molecule has 0 aliphatic carbocycles. The molecule has 0 bridgehead atoms. The summed E-state index contributed by atoms with van der Waals surface area (Å²) in [5.41, 5.74) is -0.847. The predicted molar refractivity (Wildman–Crippen MR) is 64.3 cm³/mol. The van der Waals surface area contributed by atoms with Gasteiger partial charge in [-0.25, -0.2) is 4.79 Å². The van der Waals surface area contributed by atoms with E-state index in [0.717, 1.165) is 17.4 Å². The summed E-state index contributed by atoms with van der Waals surface area (Å²) < 4.78 is 0.977. The highest BCUT2D eigenvalue weighted by molar-refractivity contribution is 5.64. The monoisotopic (exact) mass is 254 g/mol. The van der Waals surface area contributed by atoms with Gasteiger partial charge in [0.2, 0.25) is 0 Å². The first-order valence-corrected chi connectivity index (χ1v) is 5.75. The van der Waals surface area contributed by atoms with Crippen LogP contribution < -0.4 is 21.7 Å². The van der Waals surface area contributed by atoms with E-state index in [0.29, 0.717) is 18.8 Å². The van der Waals surface area contributed by atoms with E-state index in [1.165, 1.54) is 13.1 Å². The molecular formula is C11H16N3O4-. The molecule has 100 valence electrons. The number of nitrogens with zero attached hydrogens (tertiary/aromatic N) is 1. The van der Waals surface area contributed by atoms with E-state index in [2.05, 4.69) is 10.3 Å². The van der Waals surface area contributed by atoms with E-state index >= 15 is 0 Å². The number of unbranched alkanes of at least 4 members (excludes halogenated alkanes) is 2. The zero-order valence-corrected chi connectivity index (χ0v) is 10.2. The van der Waals surface area contributed by atoms with Crippen LogP contribution in [0.4, 0.5) is 5.82 Å². The highest BCUT2D eigenvalue weighted by Crippen LogP contribution is 2.00. The number of rotatable bonds is 7. The molecule has 0 fully saturated rings. The number of carboxylic acid groups (broad SMARTS) is 1. The van der Waals surface area contributed by atoms with Gasteiger partial charge in [0.25, 0.3) is 5.56 Å². The Labute approximate surface area is 103 Å². The summed E-state index contributed by atoms with van der Waals surface area (Å²) in [6.45, 7) is 0.566. The molecule has 1 heterocycles. The van der Waals surface area contributed by atoms with Crippen molar-refractivity contribution in [1.82, 2.24) is 9.55 Å². The molecule has 0 atom stereocenters. The molecule has 18 heavy (non-hydrogen) atoms. The second-order valence-corrected chi connectivity index (χ2v) is 3.99. The number of aliphatic carboxylic acids is 1. The number of carbonyl (C=O) groups is 1. The summed E-state index contributed by atoms with van der Waals surface area (Å²) in [7, 11) is 1.39. The van der Waals surface area contributed by atoms with Crippen LogP contribution in [0.2, 0.25) is 0 Å². The van der Waals surface area contributed by atoms with Gasteiger partial charge in [-0.1, -0.05) is 6.42 Å². The van der Waals surface area contributed by atoms with E-state index < -0.39 is 11.7 Å². The zero-order chi connectivity index (χ0) is 13.5. The van der Waals surface area contributed by atoms with Crippen molar-refractivity contribution in [2.75, 3.05) is 11.9 Å². The summed E-state index contributed by atoms with van der Waals surface area (Å²) in [6, 6.07) is 1.31. The summed E-state index contributed by atoms with van der Waals surface area (Å²) in [5, 5.41) is 13.1. The van der Waals surface area contributed by atoms with Crippen LogP contribution >= 0.6 is 0 Å². The molecule has 0 amide bonds. The molecule has 2 N–H and O–H groups in total. The maximum absolute atomic E-state index is 11.3. The van der Waals surface area contributed by atoms with Gasteiger partial charge in [-0.2, -0.15) is 0 Å². The van der Waals surface area contributed by atoms with Crippen molar-refractivity contribution in [3.05, 3.63) is 26.9 Å². The van der Waals surface area contributed by atoms with Crippen molar-refractivity contribution >= 4 is 11.8 Å².